The van der Waals surface area contributed by atoms with Crippen LogP contribution < -0.4 is 16.8 Å². The molecule has 0 fully saturated rings. The molecule has 8 heteroatoms. The summed E-state index contributed by atoms with van der Waals surface area (Å²) in [5, 5.41) is 4.16. The topological polar surface area (TPSA) is 107 Å². The molecule has 2 heterocycles. The fourth-order valence-corrected chi connectivity index (χ4v) is 3.38. The van der Waals surface area contributed by atoms with Gasteiger partial charge in [0.25, 0.3) is 5.91 Å². The lowest BCUT2D eigenvalue weighted by Crippen LogP contribution is -2.26. The molecule has 3 aromatic rings. The van der Waals surface area contributed by atoms with Crippen LogP contribution in [0.1, 0.15) is 28.7 Å². The van der Waals surface area contributed by atoms with Crippen LogP contribution in [0.3, 0.4) is 0 Å². The first-order valence-corrected chi connectivity index (χ1v) is 8.63. The standard InChI is InChI=1S/C17H18FN5OS/c1-3-6-21-16(24)15-13(19)9-4-5-11(18)12(10(9)7-22-15)14-8(2)25-17(20)23-14/h4-5,7H,3,6,19H2,1-2H3,(H2,20,23)(H,21,24). The third-order valence-corrected chi connectivity index (χ3v) is 4.66. The van der Waals surface area contributed by atoms with E-state index in [1.807, 2.05) is 13.8 Å². The van der Waals surface area contributed by atoms with Gasteiger partial charge in [-0.3, -0.25) is 4.79 Å². The number of aryl methyl sites for hydroxylation is 1. The maximum atomic E-state index is 14.5. The van der Waals surface area contributed by atoms with Gasteiger partial charge >= 0.3 is 0 Å². The van der Waals surface area contributed by atoms with E-state index < -0.39 is 5.82 Å². The molecule has 25 heavy (non-hydrogen) atoms. The average Bonchev–Trinajstić information content (AvgIpc) is 2.90. The van der Waals surface area contributed by atoms with Crippen LogP contribution in [0.15, 0.2) is 18.3 Å². The molecule has 0 aliphatic carbocycles. The van der Waals surface area contributed by atoms with Crippen molar-refractivity contribution in [2.24, 2.45) is 0 Å². The van der Waals surface area contributed by atoms with Gasteiger partial charge in [0, 0.05) is 34.0 Å². The van der Waals surface area contributed by atoms with Gasteiger partial charge in [0.2, 0.25) is 0 Å². The van der Waals surface area contributed by atoms with Crippen LogP contribution >= 0.6 is 11.3 Å². The number of nitrogens with two attached hydrogens (primary N) is 2. The minimum absolute atomic E-state index is 0.132. The van der Waals surface area contributed by atoms with Crippen molar-refractivity contribution in [2.45, 2.75) is 20.3 Å². The number of thiazole rings is 1. The van der Waals surface area contributed by atoms with Crippen molar-refractivity contribution in [1.29, 1.82) is 0 Å². The molecule has 130 valence electrons. The summed E-state index contributed by atoms with van der Waals surface area (Å²) in [7, 11) is 0. The number of halogens is 1. The molecular weight excluding hydrogens is 341 g/mol. The summed E-state index contributed by atoms with van der Waals surface area (Å²) in [5.74, 6) is -0.786. The summed E-state index contributed by atoms with van der Waals surface area (Å²) in [6.07, 6.45) is 2.26. The molecule has 0 atom stereocenters. The first kappa shape index (κ1) is 17.1. The minimum atomic E-state index is -0.440. The molecule has 0 radical (unpaired) electrons. The Morgan fingerprint density at radius 1 is 1.32 bits per heavy atom. The summed E-state index contributed by atoms with van der Waals surface area (Å²) >= 11 is 1.29. The van der Waals surface area contributed by atoms with E-state index in [4.69, 9.17) is 11.5 Å². The number of pyridine rings is 1. The summed E-state index contributed by atoms with van der Waals surface area (Å²) in [6, 6.07) is 2.86. The molecule has 0 spiro atoms. The Kier molecular flexibility index (Phi) is 4.54. The fraction of sp³-hybridized carbons (Fsp3) is 0.235. The molecule has 0 aliphatic heterocycles. The molecule has 1 aromatic carbocycles. The van der Waals surface area contributed by atoms with E-state index in [2.05, 4.69) is 15.3 Å². The normalized spacial score (nSPS) is 11.0. The molecule has 6 nitrogen and oxygen atoms in total. The van der Waals surface area contributed by atoms with E-state index in [-0.39, 0.29) is 17.3 Å². The first-order valence-electron chi connectivity index (χ1n) is 7.82. The van der Waals surface area contributed by atoms with Crippen LogP contribution in [-0.2, 0) is 0 Å². The van der Waals surface area contributed by atoms with E-state index in [0.717, 1.165) is 11.3 Å². The van der Waals surface area contributed by atoms with Crippen LogP contribution in [0.4, 0.5) is 15.2 Å². The number of nitrogens with one attached hydrogen (secondary N) is 1. The predicted octanol–water partition coefficient (Wildman–Crippen LogP) is 3.11. The number of rotatable bonds is 4. The Balaban J connectivity index is 2.21. The van der Waals surface area contributed by atoms with Gasteiger partial charge in [0.1, 0.15) is 5.82 Å². The number of aromatic nitrogens is 2. The van der Waals surface area contributed by atoms with Gasteiger partial charge in [0.05, 0.1) is 11.4 Å². The van der Waals surface area contributed by atoms with Crippen LogP contribution in [0.2, 0.25) is 0 Å². The summed E-state index contributed by atoms with van der Waals surface area (Å²) in [5.41, 5.74) is 13.0. The van der Waals surface area contributed by atoms with Crippen molar-refractivity contribution < 1.29 is 9.18 Å². The molecule has 0 saturated heterocycles. The minimum Gasteiger partial charge on any atom is -0.396 e. The van der Waals surface area contributed by atoms with Gasteiger partial charge in [-0.2, -0.15) is 0 Å². The number of anilines is 2. The van der Waals surface area contributed by atoms with Gasteiger partial charge in [-0.15, -0.1) is 11.3 Å². The molecular formula is C17H18FN5OS. The van der Waals surface area contributed by atoms with Crippen molar-refractivity contribution >= 4 is 38.8 Å². The Hall–Kier alpha value is -2.74. The maximum absolute atomic E-state index is 14.5. The van der Waals surface area contributed by atoms with Gasteiger partial charge in [-0.1, -0.05) is 6.92 Å². The largest absolute Gasteiger partial charge is 0.396 e. The molecule has 0 unspecified atom stereocenters. The number of fused-ring (bicyclic) bond motifs is 1. The number of nitrogens with zero attached hydrogens (tertiary/aromatic N) is 2. The SMILES string of the molecule is CCCNC(=O)c1ncc2c(-c3nc(N)sc3C)c(F)ccc2c1N. The van der Waals surface area contributed by atoms with Gasteiger partial charge in [-0.05, 0) is 25.5 Å². The molecule has 2 aromatic heterocycles. The lowest BCUT2D eigenvalue weighted by atomic mass is 10.0. The lowest BCUT2D eigenvalue weighted by Gasteiger charge is -2.12. The zero-order valence-electron chi connectivity index (χ0n) is 13.9. The summed E-state index contributed by atoms with van der Waals surface area (Å²) in [4.78, 5) is 21.4. The molecule has 0 bridgehead atoms. The smallest absolute Gasteiger partial charge is 0.272 e. The highest BCUT2D eigenvalue weighted by atomic mass is 32.1. The third-order valence-electron chi connectivity index (χ3n) is 3.86. The molecule has 3 rings (SSSR count). The molecule has 0 aliphatic rings. The second-order valence-electron chi connectivity index (χ2n) is 5.62. The number of carbonyl (C=O) groups is 1. The number of hydrogen-bond donors (Lipinski definition) is 3. The molecule has 5 N–H and O–H groups in total. The van der Waals surface area contributed by atoms with Crippen LogP contribution in [0.25, 0.3) is 22.0 Å². The number of benzene rings is 1. The Morgan fingerprint density at radius 2 is 2.08 bits per heavy atom. The second kappa shape index (κ2) is 6.64. The monoisotopic (exact) mass is 359 g/mol. The van der Waals surface area contributed by atoms with Gasteiger partial charge in [-0.25, -0.2) is 14.4 Å². The van der Waals surface area contributed by atoms with E-state index in [9.17, 15) is 9.18 Å². The summed E-state index contributed by atoms with van der Waals surface area (Å²) < 4.78 is 14.5. The lowest BCUT2D eigenvalue weighted by molar-refractivity contribution is 0.0950. The fourth-order valence-electron chi connectivity index (χ4n) is 2.68. The Labute approximate surface area is 148 Å². The van der Waals surface area contributed by atoms with Crippen LogP contribution in [-0.4, -0.2) is 22.4 Å². The van der Waals surface area contributed by atoms with Gasteiger partial charge < -0.3 is 16.8 Å². The highest BCUT2D eigenvalue weighted by molar-refractivity contribution is 7.15. The average molecular weight is 359 g/mol. The number of amides is 1. The van der Waals surface area contributed by atoms with Crippen molar-refractivity contribution in [3.63, 3.8) is 0 Å². The van der Waals surface area contributed by atoms with Crippen molar-refractivity contribution in [2.75, 3.05) is 18.0 Å². The number of carbonyl (C=O) groups excluding carboxylic acids is 1. The van der Waals surface area contributed by atoms with Crippen LogP contribution in [0.5, 0.6) is 0 Å². The van der Waals surface area contributed by atoms with E-state index in [0.29, 0.717) is 33.7 Å². The zero-order valence-corrected chi connectivity index (χ0v) is 14.7. The maximum Gasteiger partial charge on any atom is 0.272 e. The Bertz CT molecular complexity index is 969. The zero-order chi connectivity index (χ0) is 18.1. The van der Waals surface area contributed by atoms with Gasteiger partial charge in [0.15, 0.2) is 10.8 Å². The summed E-state index contributed by atoms with van der Waals surface area (Å²) in [6.45, 7) is 4.31. The predicted molar refractivity (Wildman–Crippen MR) is 99.0 cm³/mol. The van der Waals surface area contributed by atoms with E-state index in [1.165, 1.54) is 23.6 Å². The quantitative estimate of drug-likeness (QED) is 0.663. The molecule has 0 saturated carbocycles. The highest BCUT2D eigenvalue weighted by Crippen LogP contribution is 2.37. The third kappa shape index (κ3) is 3.00. The highest BCUT2D eigenvalue weighted by Gasteiger charge is 2.20. The Morgan fingerprint density at radius 3 is 2.72 bits per heavy atom. The van der Waals surface area contributed by atoms with E-state index >= 15 is 0 Å². The van der Waals surface area contributed by atoms with Crippen molar-refractivity contribution in [3.05, 3.63) is 34.7 Å². The molecule has 1 amide bonds. The van der Waals surface area contributed by atoms with Crippen molar-refractivity contribution in [1.82, 2.24) is 15.3 Å². The number of nitrogen functional groups attached to an aromatic ring is 2. The number of hydrogen-bond acceptors (Lipinski definition) is 6. The van der Waals surface area contributed by atoms with Crippen molar-refractivity contribution in [3.8, 4) is 11.3 Å². The van der Waals surface area contributed by atoms with Crippen LogP contribution in [0, 0.1) is 12.7 Å². The first-order chi connectivity index (χ1) is 11.9. The second-order valence-corrected chi connectivity index (χ2v) is 6.85. The van der Waals surface area contributed by atoms with E-state index in [1.54, 1.807) is 6.07 Å².